The summed E-state index contributed by atoms with van der Waals surface area (Å²) < 4.78 is 32.5. The predicted octanol–water partition coefficient (Wildman–Crippen LogP) is 1.46. The molecule has 7 heteroatoms. The molecule has 3 rings (SSSR count). The summed E-state index contributed by atoms with van der Waals surface area (Å²) in [5, 5.41) is 3.14. The minimum atomic E-state index is -3.46. The van der Waals surface area contributed by atoms with E-state index in [1.165, 1.54) is 10.5 Å². The number of sulfonamides is 1. The van der Waals surface area contributed by atoms with E-state index >= 15 is 0 Å². The molecular formula is C14H21N3O3S. The lowest BCUT2D eigenvalue weighted by atomic mass is 10.2. The Hall–Kier alpha value is -1.18. The summed E-state index contributed by atoms with van der Waals surface area (Å²) >= 11 is 0. The number of ether oxygens (including phenoxy) is 1. The van der Waals surface area contributed by atoms with Crippen LogP contribution in [-0.2, 0) is 14.8 Å². The molecule has 0 aliphatic carbocycles. The van der Waals surface area contributed by atoms with Gasteiger partial charge in [0.15, 0.2) is 0 Å². The number of hydrogen-bond acceptors (Lipinski definition) is 5. The molecule has 0 saturated carbocycles. The average molecular weight is 311 g/mol. The van der Waals surface area contributed by atoms with Crippen molar-refractivity contribution in [2.24, 2.45) is 0 Å². The van der Waals surface area contributed by atoms with E-state index in [2.05, 4.69) is 17.2 Å². The van der Waals surface area contributed by atoms with Crippen molar-refractivity contribution >= 4 is 15.8 Å². The summed E-state index contributed by atoms with van der Waals surface area (Å²) in [7, 11) is -3.46. The second-order valence-corrected chi connectivity index (χ2v) is 7.52. The predicted molar refractivity (Wildman–Crippen MR) is 79.7 cm³/mol. The van der Waals surface area contributed by atoms with E-state index in [1.54, 1.807) is 12.1 Å². The molecule has 2 saturated heterocycles. The summed E-state index contributed by atoms with van der Waals surface area (Å²) in [6, 6.07) is 3.34. The smallest absolute Gasteiger partial charge is 0.244 e. The van der Waals surface area contributed by atoms with Gasteiger partial charge in [0.05, 0.1) is 12.2 Å². The second-order valence-electron chi connectivity index (χ2n) is 5.59. The molecule has 1 aromatic rings. The van der Waals surface area contributed by atoms with Gasteiger partial charge in [-0.2, -0.15) is 4.31 Å². The molecule has 2 bridgehead atoms. The summed E-state index contributed by atoms with van der Waals surface area (Å²) in [5.74, 6) is 0.706. The monoisotopic (exact) mass is 311 g/mol. The van der Waals surface area contributed by atoms with Gasteiger partial charge in [0.1, 0.15) is 10.7 Å². The molecule has 2 fully saturated rings. The lowest BCUT2D eigenvalue weighted by Crippen LogP contribution is -2.45. The fourth-order valence-electron chi connectivity index (χ4n) is 2.81. The highest BCUT2D eigenvalue weighted by molar-refractivity contribution is 7.89. The first kappa shape index (κ1) is 14.7. The Morgan fingerprint density at radius 2 is 2.05 bits per heavy atom. The Morgan fingerprint density at radius 3 is 2.62 bits per heavy atom. The summed E-state index contributed by atoms with van der Waals surface area (Å²) in [4.78, 5) is 4.44. The number of nitrogens with zero attached hydrogens (tertiary/aromatic N) is 2. The molecule has 1 aromatic heterocycles. The van der Waals surface area contributed by atoms with Crippen LogP contribution < -0.4 is 5.32 Å². The topological polar surface area (TPSA) is 71.5 Å². The highest BCUT2D eigenvalue weighted by Crippen LogP contribution is 2.29. The van der Waals surface area contributed by atoms with Gasteiger partial charge in [-0.1, -0.05) is 6.92 Å². The zero-order chi connectivity index (χ0) is 14.9. The summed E-state index contributed by atoms with van der Waals surface area (Å²) in [6.07, 6.45) is 4.45. The van der Waals surface area contributed by atoms with Crippen molar-refractivity contribution in [3.63, 3.8) is 0 Å². The number of pyridine rings is 1. The van der Waals surface area contributed by atoms with Gasteiger partial charge in [0, 0.05) is 25.8 Å². The molecule has 116 valence electrons. The van der Waals surface area contributed by atoms with Crippen LogP contribution in [0.5, 0.6) is 0 Å². The zero-order valence-electron chi connectivity index (χ0n) is 12.2. The number of rotatable bonds is 5. The number of nitrogens with one attached hydrogen (secondary N) is 1. The number of aromatic nitrogens is 1. The Morgan fingerprint density at radius 1 is 1.33 bits per heavy atom. The minimum absolute atomic E-state index is 0.0528. The van der Waals surface area contributed by atoms with Crippen LogP contribution in [0.15, 0.2) is 23.2 Å². The van der Waals surface area contributed by atoms with Crippen LogP contribution in [0.3, 0.4) is 0 Å². The maximum absolute atomic E-state index is 12.6. The maximum atomic E-state index is 12.6. The number of hydrogen-bond donors (Lipinski definition) is 1. The summed E-state index contributed by atoms with van der Waals surface area (Å²) in [5.41, 5.74) is 0. The van der Waals surface area contributed by atoms with Crippen LogP contribution in [0.4, 0.5) is 5.82 Å². The van der Waals surface area contributed by atoms with E-state index in [1.807, 2.05) is 0 Å². The number of anilines is 1. The van der Waals surface area contributed by atoms with Crippen LogP contribution in [-0.4, -0.2) is 49.5 Å². The molecule has 21 heavy (non-hydrogen) atoms. The van der Waals surface area contributed by atoms with Crippen LogP contribution in [0.25, 0.3) is 0 Å². The Labute approximate surface area is 125 Å². The van der Waals surface area contributed by atoms with Gasteiger partial charge < -0.3 is 10.1 Å². The third-order valence-corrected chi connectivity index (χ3v) is 5.76. The fraction of sp³-hybridized carbons (Fsp3) is 0.643. The van der Waals surface area contributed by atoms with Crippen molar-refractivity contribution in [1.82, 2.24) is 9.29 Å². The first-order valence-corrected chi connectivity index (χ1v) is 8.89. The van der Waals surface area contributed by atoms with Gasteiger partial charge in [-0.25, -0.2) is 13.4 Å². The molecule has 2 unspecified atom stereocenters. The highest BCUT2D eigenvalue weighted by atomic mass is 32.2. The molecule has 0 amide bonds. The van der Waals surface area contributed by atoms with Crippen molar-refractivity contribution in [2.75, 3.05) is 25.0 Å². The molecule has 0 aromatic carbocycles. The summed E-state index contributed by atoms with van der Waals surface area (Å²) in [6.45, 7) is 3.80. The standard InChI is InChI=1S/C14H21N3O3S/c1-2-7-15-14-6-5-13(8-16-14)21(18,19)17-9-11-3-4-12(10-17)20-11/h5-6,8,11-12H,2-4,7,9-10H2,1H3,(H,15,16). The van der Waals surface area contributed by atoms with E-state index in [4.69, 9.17) is 4.74 Å². The normalized spacial score (nSPS) is 26.0. The van der Waals surface area contributed by atoms with Gasteiger partial charge in [-0.15, -0.1) is 0 Å². The first-order chi connectivity index (χ1) is 10.1. The zero-order valence-corrected chi connectivity index (χ0v) is 13.0. The van der Waals surface area contributed by atoms with E-state index in [9.17, 15) is 8.42 Å². The van der Waals surface area contributed by atoms with Gasteiger partial charge in [0.2, 0.25) is 10.0 Å². The van der Waals surface area contributed by atoms with Crippen LogP contribution in [0.1, 0.15) is 26.2 Å². The van der Waals surface area contributed by atoms with Crippen molar-refractivity contribution in [1.29, 1.82) is 0 Å². The van der Waals surface area contributed by atoms with Crippen molar-refractivity contribution < 1.29 is 13.2 Å². The van der Waals surface area contributed by atoms with Gasteiger partial charge in [0.25, 0.3) is 0 Å². The van der Waals surface area contributed by atoms with E-state index in [-0.39, 0.29) is 17.1 Å². The Bertz CT molecular complexity index is 576. The minimum Gasteiger partial charge on any atom is -0.372 e. The second kappa shape index (κ2) is 5.90. The Balaban J connectivity index is 1.75. The first-order valence-electron chi connectivity index (χ1n) is 7.45. The van der Waals surface area contributed by atoms with Crippen molar-refractivity contribution in [3.05, 3.63) is 18.3 Å². The molecule has 2 atom stereocenters. The lowest BCUT2D eigenvalue weighted by Gasteiger charge is -2.31. The molecule has 0 spiro atoms. The van der Waals surface area contributed by atoms with Crippen LogP contribution in [0, 0.1) is 0 Å². The maximum Gasteiger partial charge on any atom is 0.244 e. The molecular weight excluding hydrogens is 290 g/mol. The van der Waals surface area contributed by atoms with Crippen molar-refractivity contribution in [2.45, 2.75) is 43.3 Å². The quantitative estimate of drug-likeness (QED) is 0.891. The molecule has 3 heterocycles. The third-order valence-electron chi connectivity index (χ3n) is 3.94. The third kappa shape index (κ3) is 3.04. The van der Waals surface area contributed by atoms with E-state index in [0.717, 1.165) is 25.8 Å². The average Bonchev–Trinajstić information content (AvgIpc) is 2.83. The van der Waals surface area contributed by atoms with Gasteiger partial charge in [-0.3, -0.25) is 0 Å². The number of fused-ring (bicyclic) bond motifs is 2. The molecule has 1 N–H and O–H groups in total. The van der Waals surface area contributed by atoms with E-state index in [0.29, 0.717) is 18.9 Å². The lowest BCUT2D eigenvalue weighted by molar-refractivity contribution is -0.0114. The largest absolute Gasteiger partial charge is 0.372 e. The van der Waals surface area contributed by atoms with E-state index < -0.39 is 10.0 Å². The fourth-order valence-corrected chi connectivity index (χ4v) is 4.26. The SMILES string of the molecule is CCCNc1ccc(S(=O)(=O)N2CC3CCC(C2)O3)cn1. The number of morpholine rings is 1. The van der Waals surface area contributed by atoms with Gasteiger partial charge in [-0.05, 0) is 31.4 Å². The highest BCUT2D eigenvalue weighted by Gasteiger charge is 2.39. The molecule has 6 nitrogen and oxygen atoms in total. The van der Waals surface area contributed by atoms with Crippen molar-refractivity contribution in [3.8, 4) is 0 Å². The van der Waals surface area contributed by atoms with Gasteiger partial charge >= 0.3 is 0 Å². The Kier molecular flexibility index (Phi) is 4.14. The van der Waals surface area contributed by atoms with Crippen LogP contribution >= 0.6 is 0 Å². The molecule has 2 aliphatic heterocycles. The molecule has 0 radical (unpaired) electrons. The molecule has 2 aliphatic rings. The van der Waals surface area contributed by atoms with Crippen LogP contribution in [0.2, 0.25) is 0 Å².